The fourth-order valence-corrected chi connectivity index (χ4v) is 2.90. The van der Waals surface area contributed by atoms with Crippen LogP contribution in [0.15, 0.2) is 34.9 Å². The Hall–Kier alpha value is -1.59. The molecule has 1 aromatic heterocycles. The molecule has 1 saturated heterocycles. The van der Waals surface area contributed by atoms with Gasteiger partial charge in [0.1, 0.15) is 5.75 Å². The zero-order chi connectivity index (χ0) is 15.2. The number of halogens is 1. The van der Waals surface area contributed by atoms with Gasteiger partial charge in [-0.2, -0.15) is 4.98 Å². The number of nitrogens with one attached hydrogen (secondary N) is 1. The number of piperidine rings is 1. The van der Waals surface area contributed by atoms with Gasteiger partial charge >= 0.3 is 0 Å². The highest BCUT2D eigenvalue weighted by atomic mass is 35.5. The van der Waals surface area contributed by atoms with Crippen molar-refractivity contribution in [2.24, 2.45) is 11.8 Å². The van der Waals surface area contributed by atoms with Gasteiger partial charge in [0, 0.05) is 6.42 Å². The number of hydrogen-bond acceptors (Lipinski definition) is 5. The van der Waals surface area contributed by atoms with E-state index >= 15 is 0 Å². The summed E-state index contributed by atoms with van der Waals surface area (Å²) in [6.45, 7) is 4.85. The first-order valence-corrected chi connectivity index (χ1v) is 8.01. The number of aromatic nitrogens is 2. The van der Waals surface area contributed by atoms with Crippen LogP contribution in [0.3, 0.4) is 0 Å². The minimum atomic E-state index is 0. The Kier molecular flexibility index (Phi) is 6.86. The summed E-state index contributed by atoms with van der Waals surface area (Å²) in [6.07, 6.45) is 3.38. The van der Waals surface area contributed by atoms with E-state index in [1.54, 1.807) is 0 Å². The summed E-state index contributed by atoms with van der Waals surface area (Å²) in [6, 6.07) is 9.67. The second-order valence-electron chi connectivity index (χ2n) is 5.99. The van der Waals surface area contributed by atoms with Crippen LogP contribution < -0.4 is 10.1 Å². The summed E-state index contributed by atoms with van der Waals surface area (Å²) >= 11 is 0. The lowest BCUT2D eigenvalue weighted by Crippen LogP contribution is -2.33. The normalized spacial score (nSPS) is 18.9. The van der Waals surface area contributed by atoms with Gasteiger partial charge in [-0.05, 0) is 49.9 Å². The largest absolute Gasteiger partial charge is 0.485 e. The molecule has 0 radical (unpaired) electrons. The lowest BCUT2D eigenvalue weighted by Gasteiger charge is -2.27. The molecule has 2 unspecified atom stereocenters. The second kappa shape index (κ2) is 8.89. The van der Waals surface area contributed by atoms with Crippen LogP contribution in [0.1, 0.15) is 31.5 Å². The summed E-state index contributed by atoms with van der Waals surface area (Å²) < 4.78 is 11.0. The van der Waals surface area contributed by atoms with E-state index in [2.05, 4.69) is 22.4 Å². The van der Waals surface area contributed by atoms with Gasteiger partial charge in [0.25, 0.3) is 0 Å². The van der Waals surface area contributed by atoms with Gasteiger partial charge < -0.3 is 14.6 Å². The molecule has 2 heterocycles. The van der Waals surface area contributed by atoms with Crippen molar-refractivity contribution in [3.63, 3.8) is 0 Å². The number of para-hydroxylation sites is 1. The molecule has 1 N–H and O–H groups in total. The van der Waals surface area contributed by atoms with E-state index in [-0.39, 0.29) is 12.4 Å². The first-order chi connectivity index (χ1) is 10.8. The van der Waals surface area contributed by atoms with Gasteiger partial charge in [0.2, 0.25) is 11.7 Å². The molecule has 3 rings (SSSR count). The molecule has 1 aliphatic heterocycles. The van der Waals surface area contributed by atoms with Crippen molar-refractivity contribution in [2.75, 3.05) is 13.1 Å². The molecule has 0 bridgehead atoms. The van der Waals surface area contributed by atoms with Crippen LogP contribution in [0, 0.1) is 11.8 Å². The maximum atomic E-state index is 5.63. The zero-order valence-electron chi connectivity index (χ0n) is 13.4. The van der Waals surface area contributed by atoms with Crippen molar-refractivity contribution in [3.05, 3.63) is 42.0 Å². The summed E-state index contributed by atoms with van der Waals surface area (Å²) in [4.78, 5) is 4.44. The Morgan fingerprint density at radius 3 is 2.91 bits per heavy atom. The average Bonchev–Trinajstić information content (AvgIpc) is 3.02. The van der Waals surface area contributed by atoms with Gasteiger partial charge in [0.05, 0.1) is 0 Å². The van der Waals surface area contributed by atoms with E-state index in [9.17, 15) is 0 Å². The molecule has 1 aliphatic rings. The van der Waals surface area contributed by atoms with Crippen molar-refractivity contribution in [3.8, 4) is 5.75 Å². The monoisotopic (exact) mass is 337 g/mol. The smallest absolute Gasteiger partial charge is 0.227 e. The van der Waals surface area contributed by atoms with Crippen molar-refractivity contribution in [2.45, 2.75) is 32.8 Å². The minimum absolute atomic E-state index is 0. The van der Waals surface area contributed by atoms with Gasteiger partial charge in [-0.3, -0.25) is 0 Å². The molecule has 0 spiro atoms. The van der Waals surface area contributed by atoms with Crippen LogP contribution in [0.2, 0.25) is 0 Å². The van der Waals surface area contributed by atoms with Crippen molar-refractivity contribution in [1.82, 2.24) is 15.5 Å². The predicted molar refractivity (Wildman–Crippen MR) is 90.8 cm³/mol. The molecule has 2 aromatic rings. The summed E-state index contributed by atoms with van der Waals surface area (Å²) in [7, 11) is 0. The molecule has 126 valence electrons. The molecule has 2 atom stereocenters. The average molecular weight is 338 g/mol. The number of rotatable bonds is 6. The van der Waals surface area contributed by atoms with Crippen molar-refractivity contribution < 1.29 is 9.26 Å². The van der Waals surface area contributed by atoms with Crippen LogP contribution in [-0.4, -0.2) is 23.2 Å². The topological polar surface area (TPSA) is 60.2 Å². The van der Waals surface area contributed by atoms with Gasteiger partial charge in [0.15, 0.2) is 6.61 Å². The fraction of sp³-hybridized carbons (Fsp3) is 0.529. The van der Waals surface area contributed by atoms with Crippen LogP contribution >= 0.6 is 12.4 Å². The Morgan fingerprint density at radius 2 is 2.17 bits per heavy atom. The predicted octanol–water partition coefficient (Wildman–Crippen LogP) is 3.25. The van der Waals surface area contributed by atoms with Gasteiger partial charge in [-0.25, -0.2) is 0 Å². The van der Waals surface area contributed by atoms with E-state index in [0.29, 0.717) is 30.2 Å². The third kappa shape index (κ3) is 5.22. The Labute approximate surface area is 143 Å². The number of benzene rings is 1. The first-order valence-electron chi connectivity index (χ1n) is 8.01. The SMILES string of the molecule is CC(Cc1nc(COc2ccccc2)no1)C1CCCNC1.Cl. The first kappa shape index (κ1) is 17.8. The fourth-order valence-electron chi connectivity index (χ4n) is 2.90. The highest BCUT2D eigenvalue weighted by Gasteiger charge is 2.22. The highest BCUT2D eigenvalue weighted by Crippen LogP contribution is 2.22. The van der Waals surface area contributed by atoms with Gasteiger partial charge in [-0.15, -0.1) is 12.4 Å². The summed E-state index contributed by atoms with van der Waals surface area (Å²) in [5, 5.41) is 7.46. The Morgan fingerprint density at radius 1 is 1.35 bits per heavy atom. The summed E-state index contributed by atoms with van der Waals surface area (Å²) in [5.74, 6) is 3.38. The maximum absolute atomic E-state index is 5.63. The quantitative estimate of drug-likeness (QED) is 0.876. The van der Waals surface area contributed by atoms with E-state index in [1.807, 2.05) is 30.3 Å². The third-order valence-corrected chi connectivity index (χ3v) is 4.26. The Balaban J connectivity index is 0.00000192. The number of hydrogen-bond donors (Lipinski definition) is 1. The van der Waals surface area contributed by atoms with Gasteiger partial charge in [-0.1, -0.05) is 30.3 Å². The Bertz CT molecular complexity index is 570. The minimum Gasteiger partial charge on any atom is -0.485 e. The highest BCUT2D eigenvalue weighted by molar-refractivity contribution is 5.85. The molecule has 0 aliphatic carbocycles. The molecule has 0 amide bonds. The van der Waals surface area contributed by atoms with E-state index in [0.717, 1.165) is 25.3 Å². The van der Waals surface area contributed by atoms with E-state index in [4.69, 9.17) is 9.26 Å². The standard InChI is InChI=1S/C17H23N3O2.ClH/c1-13(14-6-5-9-18-11-14)10-17-19-16(20-22-17)12-21-15-7-3-2-4-8-15;/h2-4,7-8,13-14,18H,5-6,9-12H2,1H3;1H. The van der Waals surface area contributed by atoms with Crippen molar-refractivity contribution >= 4 is 12.4 Å². The molecule has 1 fully saturated rings. The van der Waals surface area contributed by atoms with E-state index in [1.165, 1.54) is 12.8 Å². The molecule has 6 heteroatoms. The molecule has 5 nitrogen and oxygen atoms in total. The third-order valence-electron chi connectivity index (χ3n) is 4.26. The molecular formula is C17H24ClN3O2. The van der Waals surface area contributed by atoms with Crippen molar-refractivity contribution in [1.29, 1.82) is 0 Å². The van der Waals surface area contributed by atoms with Crippen LogP contribution in [0.5, 0.6) is 5.75 Å². The molecule has 0 saturated carbocycles. The van der Waals surface area contributed by atoms with Crippen LogP contribution in [-0.2, 0) is 13.0 Å². The number of nitrogens with zero attached hydrogens (tertiary/aromatic N) is 2. The van der Waals surface area contributed by atoms with Crippen LogP contribution in [0.4, 0.5) is 0 Å². The maximum Gasteiger partial charge on any atom is 0.227 e. The molecule has 1 aromatic carbocycles. The van der Waals surface area contributed by atoms with E-state index < -0.39 is 0 Å². The molecular weight excluding hydrogens is 314 g/mol. The number of ether oxygens (including phenoxy) is 1. The second-order valence-corrected chi connectivity index (χ2v) is 5.99. The lowest BCUT2D eigenvalue weighted by molar-refractivity contribution is 0.255. The lowest BCUT2D eigenvalue weighted by atomic mass is 9.85. The zero-order valence-corrected chi connectivity index (χ0v) is 14.2. The van der Waals surface area contributed by atoms with Crippen LogP contribution in [0.25, 0.3) is 0 Å². The summed E-state index contributed by atoms with van der Waals surface area (Å²) in [5.41, 5.74) is 0. The molecule has 23 heavy (non-hydrogen) atoms.